The Labute approximate surface area is 118 Å². The largest absolute Gasteiger partial charge is 0.507 e. The number of amides is 1. The Hall–Kier alpha value is -1.26. The Morgan fingerprint density at radius 3 is 2.89 bits per heavy atom. The van der Waals surface area contributed by atoms with E-state index in [9.17, 15) is 9.90 Å². The first-order chi connectivity index (χ1) is 9.00. The van der Waals surface area contributed by atoms with Gasteiger partial charge in [-0.2, -0.15) is 0 Å². The Morgan fingerprint density at radius 1 is 1.47 bits per heavy atom. The molecule has 0 heterocycles. The standard InChI is InChI=1S/C14H20ClNO3/c1-10(2)9-19-7-3-6-16-14(18)12-8-11(15)4-5-13(12)17/h4-5,8,10,17H,3,6-7,9H2,1-2H3,(H,16,18). The zero-order valence-corrected chi connectivity index (χ0v) is 12.0. The van der Waals surface area contributed by atoms with Crippen LogP contribution in [-0.2, 0) is 4.74 Å². The van der Waals surface area contributed by atoms with Gasteiger partial charge in [-0.3, -0.25) is 4.79 Å². The highest BCUT2D eigenvalue weighted by molar-refractivity contribution is 6.31. The summed E-state index contributed by atoms with van der Waals surface area (Å²) in [5, 5.41) is 12.7. The molecule has 1 amide bonds. The Bertz CT molecular complexity index is 421. The molecular weight excluding hydrogens is 266 g/mol. The number of halogens is 1. The van der Waals surface area contributed by atoms with Gasteiger partial charge in [-0.15, -0.1) is 0 Å². The van der Waals surface area contributed by atoms with Crippen molar-refractivity contribution in [3.8, 4) is 5.75 Å². The van der Waals surface area contributed by atoms with Gasteiger partial charge in [0.1, 0.15) is 5.75 Å². The molecule has 0 aromatic heterocycles. The SMILES string of the molecule is CC(C)COCCCNC(=O)c1cc(Cl)ccc1O. The van der Waals surface area contributed by atoms with Gasteiger partial charge >= 0.3 is 0 Å². The van der Waals surface area contributed by atoms with E-state index in [1.165, 1.54) is 18.2 Å². The van der Waals surface area contributed by atoms with E-state index in [0.717, 1.165) is 13.0 Å². The summed E-state index contributed by atoms with van der Waals surface area (Å²) in [7, 11) is 0. The molecule has 1 rings (SSSR count). The van der Waals surface area contributed by atoms with E-state index in [0.29, 0.717) is 24.1 Å². The van der Waals surface area contributed by atoms with Crippen LogP contribution >= 0.6 is 11.6 Å². The lowest BCUT2D eigenvalue weighted by Gasteiger charge is -2.08. The fourth-order valence-electron chi connectivity index (χ4n) is 1.48. The smallest absolute Gasteiger partial charge is 0.255 e. The molecule has 0 fully saturated rings. The number of phenolic OH excluding ortho intramolecular Hbond substituents is 1. The number of carbonyl (C=O) groups excluding carboxylic acids is 1. The van der Waals surface area contributed by atoms with Gasteiger partial charge in [-0.1, -0.05) is 25.4 Å². The monoisotopic (exact) mass is 285 g/mol. The highest BCUT2D eigenvalue weighted by atomic mass is 35.5. The van der Waals surface area contributed by atoms with Gasteiger partial charge in [-0.05, 0) is 30.5 Å². The molecule has 106 valence electrons. The highest BCUT2D eigenvalue weighted by Gasteiger charge is 2.10. The maximum absolute atomic E-state index is 11.8. The molecule has 0 atom stereocenters. The molecule has 5 heteroatoms. The quantitative estimate of drug-likeness (QED) is 0.758. The molecule has 0 bridgehead atoms. The lowest BCUT2D eigenvalue weighted by atomic mass is 10.2. The van der Waals surface area contributed by atoms with Crippen molar-refractivity contribution in [2.45, 2.75) is 20.3 Å². The summed E-state index contributed by atoms with van der Waals surface area (Å²) in [4.78, 5) is 11.8. The highest BCUT2D eigenvalue weighted by Crippen LogP contribution is 2.21. The number of aromatic hydroxyl groups is 1. The second-order valence-corrected chi connectivity index (χ2v) is 5.18. The molecule has 0 unspecified atom stereocenters. The summed E-state index contributed by atoms with van der Waals surface area (Å²) in [5.41, 5.74) is 0.190. The van der Waals surface area contributed by atoms with Crippen molar-refractivity contribution in [2.24, 2.45) is 5.92 Å². The van der Waals surface area contributed by atoms with Gasteiger partial charge in [0.25, 0.3) is 5.91 Å². The van der Waals surface area contributed by atoms with E-state index >= 15 is 0 Å². The molecule has 0 aliphatic carbocycles. The lowest BCUT2D eigenvalue weighted by Crippen LogP contribution is -2.25. The van der Waals surface area contributed by atoms with E-state index in [4.69, 9.17) is 16.3 Å². The number of phenols is 1. The van der Waals surface area contributed by atoms with Gasteiger partial charge in [0, 0.05) is 24.8 Å². The summed E-state index contributed by atoms with van der Waals surface area (Å²) in [6.45, 7) is 6.01. The van der Waals surface area contributed by atoms with Crippen LogP contribution in [0.1, 0.15) is 30.6 Å². The van der Waals surface area contributed by atoms with E-state index in [-0.39, 0.29) is 17.2 Å². The van der Waals surface area contributed by atoms with Gasteiger partial charge in [-0.25, -0.2) is 0 Å². The van der Waals surface area contributed by atoms with Gasteiger partial charge in [0.2, 0.25) is 0 Å². The fourth-order valence-corrected chi connectivity index (χ4v) is 1.65. The summed E-state index contributed by atoms with van der Waals surface area (Å²) < 4.78 is 5.40. The summed E-state index contributed by atoms with van der Waals surface area (Å²) in [6, 6.07) is 4.39. The van der Waals surface area contributed by atoms with Crippen LogP contribution in [-0.4, -0.2) is 30.8 Å². The molecule has 0 radical (unpaired) electrons. The maximum atomic E-state index is 11.8. The van der Waals surface area contributed by atoms with Crippen molar-refractivity contribution < 1.29 is 14.6 Å². The normalized spacial score (nSPS) is 10.7. The number of rotatable bonds is 7. The first-order valence-electron chi connectivity index (χ1n) is 6.35. The second kappa shape index (κ2) is 8.02. The molecule has 0 aliphatic heterocycles. The molecule has 19 heavy (non-hydrogen) atoms. The summed E-state index contributed by atoms with van der Waals surface area (Å²) in [5.74, 6) is 0.111. The molecule has 1 aromatic carbocycles. The predicted molar refractivity (Wildman–Crippen MR) is 75.7 cm³/mol. The fraction of sp³-hybridized carbons (Fsp3) is 0.500. The minimum absolute atomic E-state index is 0.0713. The Morgan fingerprint density at radius 2 is 2.21 bits per heavy atom. The third-order valence-electron chi connectivity index (χ3n) is 2.41. The van der Waals surface area contributed by atoms with Crippen LogP contribution in [0.25, 0.3) is 0 Å². The lowest BCUT2D eigenvalue weighted by molar-refractivity contribution is 0.0922. The van der Waals surface area contributed by atoms with Crippen molar-refractivity contribution in [3.05, 3.63) is 28.8 Å². The van der Waals surface area contributed by atoms with E-state index in [2.05, 4.69) is 19.2 Å². The topological polar surface area (TPSA) is 58.6 Å². The third kappa shape index (κ3) is 5.94. The van der Waals surface area contributed by atoms with Gasteiger partial charge in [0.05, 0.1) is 5.56 Å². The summed E-state index contributed by atoms with van der Waals surface area (Å²) in [6.07, 6.45) is 0.736. The number of carbonyl (C=O) groups is 1. The van der Waals surface area contributed by atoms with Gasteiger partial charge in [0.15, 0.2) is 0 Å². The van der Waals surface area contributed by atoms with Crippen LogP contribution in [0.3, 0.4) is 0 Å². The molecule has 1 aromatic rings. The van der Waals surface area contributed by atoms with Crippen molar-refractivity contribution in [1.29, 1.82) is 0 Å². The third-order valence-corrected chi connectivity index (χ3v) is 2.64. The van der Waals surface area contributed by atoms with Crippen LogP contribution in [0.4, 0.5) is 0 Å². The first kappa shape index (κ1) is 15.8. The zero-order chi connectivity index (χ0) is 14.3. The van der Waals surface area contributed by atoms with E-state index in [1.807, 2.05) is 0 Å². The average molecular weight is 286 g/mol. The van der Waals surface area contributed by atoms with Crippen LogP contribution in [0.2, 0.25) is 5.02 Å². The second-order valence-electron chi connectivity index (χ2n) is 4.74. The number of benzene rings is 1. The maximum Gasteiger partial charge on any atom is 0.255 e. The predicted octanol–water partition coefficient (Wildman–Crippen LogP) is 2.84. The minimum atomic E-state index is -0.330. The number of hydrogen-bond donors (Lipinski definition) is 2. The number of nitrogens with one attached hydrogen (secondary N) is 1. The summed E-state index contributed by atoms with van der Waals surface area (Å²) >= 11 is 5.78. The van der Waals surface area contributed by atoms with Gasteiger partial charge < -0.3 is 15.2 Å². The molecule has 0 aliphatic rings. The van der Waals surface area contributed by atoms with Crippen molar-refractivity contribution in [3.63, 3.8) is 0 Å². The van der Waals surface area contributed by atoms with Crippen molar-refractivity contribution in [1.82, 2.24) is 5.32 Å². The minimum Gasteiger partial charge on any atom is -0.507 e. The van der Waals surface area contributed by atoms with Crippen molar-refractivity contribution >= 4 is 17.5 Å². The molecular formula is C14H20ClNO3. The van der Waals surface area contributed by atoms with E-state index < -0.39 is 0 Å². The average Bonchev–Trinajstić information content (AvgIpc) is 2.36. The Balaban J connectivity index is 2.29. The van der Waals surface area contributed by atoms with Crippen LogP contribution in [0, 0.1) is 5.92 Å². The molecule has 0 spiro atoms. The molecule has 0 saturated heterocycles. The number of ether oxygens (including phenoxy) is 1. The Kier molecular flexibility index (Phi) is 6.67. The number of hydrogen-bond acceptors (Lipinski definition) is 3. The van der Waals surface area contributed by atoms with Crippen LogP contribution in [0.5, 0.6) is 5.75 Å². The molecule has 0 saturated carbocycles. The van der Waals surface area contributed by atoms with Crippen LogP contribution < -0.4 is 5.32 Å². The molecule has 4 nitrogen and oxygen atoms in total. The molecule has 2 N–H and O–H groups in total. The first-order valence-corrected chi connectivity index (χ1v) is 6.73. The van der Waals surface area contributed by atoms with E-state index in [1.54, 1.807) is 0 Å². The van der Waals surface area contributed by atoms with Crippen LogP contribution in [0.15, 0.2) is 18.2 Å². The zero-order valence-electron chi connectivity index (χ0n) is 11.3. The van der Waals surface area contributed by atoms with Crippen molar-refractivity contribution in [2.75, 3.05) is 19.8 Å².